The van der Waals surface area contributed by atoms with E-state index >= 15 is 0 Å². The van der Waals surface area contributed by atoms with Crippen LogP contribution in [0.1, 0.15) is 0 Å². The summed E-state index contributed by atoms with van der Waals surface area (Å²) in [6, 6.07) is 27.8. The minimum atomic E-state index is -1.32. The van der Waals surface area contributed by atoms with Crippen molar-refractivity contribution < 1.29 is 0 Å². The normalized spacial score (nSPS) is 12.7. The fraction of sp³-hybridized carbons (Fsp3) is 0.333. The van der Waals surface area contributed by atoms with Crippen molar-refractivity contribution >= 4 is 56.8 Å². The van der Waals surface area contributed by atoms with E-state index in [1.807, 2.05) is 0 Å². The molecule has 0 N–H and O–H groups in total. The zero-order valence-electron chi connectivity index (χ0n) is 20.9. The van der Waals surface area contributed by atoms with Crippen LogP contribution in [0.5, 0.6) is 0 Å². The Morgan fingerprint density at radius 3 is 0.710 bits per heavy atom. The van der Waals surface area contributed by atoms with Gasteiger partial charge in [0.2, 0.25) is 0 Å². The molecule has 0 fully saturated rings. The molecule has 3 aromatic rings. The molecule has 0 aliphatic rings. The van der Waals surface area contributed by atoms with Crippen LogP contribution < -0.4 is 20.5 Å². The molecule has 0 radical (unpaired) electrons. The lowest BCUT2D eigenvalue weighted by molar-refractivity contribution is 1.29. The first kappa shape index (κ1) is 23.8. The molecule has 0 bridgehead atoms. The van der Waals surface area contributed by atoms with E-state index in [0.717, 1.165) is 0 Å². The number of benzene rings is 3. The molecule has 3 rings (SSSR count). The van der Waals surface area contributed by atoms with E-state index in [4.69, 9.17) is 0 Å². The molecule has 31 heavy (non-hydrogen) atoms. The Balaban J connectivity index is 2.08. The van der Waals surface area contributed by atoms with Gasteiger partial charge in [-0.1, -0.05) is 111 Å². The van der Waals surface area contributed by atoms with Gasteiger partial charge in [-0.15, -0.1) is 0 Å². The average molecular weight is 462 g/mol. The zero-order valence-corrected chi connectivity index (χ0v) is 23.9. The van der Waals surface area contributed by atoms with Crippen molar-refractivity contribution in [3.63, 3.8) is 0 Å². The van der Waals surface area contributed by atoms with Gasteiger partial charge in [0.1, 0.15) is 0 Å². The number of nitrogens with zero attached hydrogens (tertiary/aromatic N) is 1. The smallest absolute Gasteiger partial charge is 0.0775 e. The molecule has 0 unspecified atom stereocenters. The van der Waals surface area contributed by atoms with Crippen LogP contribution in [0, 0.1) is 0 Å². The van der Waals surface area contributed by atoms with Gasteiger partial charge in [0.05, 0.1) is 24.2 Å². The van der Waals surface area contributed by atoms with Crippen molar-refractivity contribution in [1.29, 1.82) is 0 Å². The maximum atomic E-state index is 2.41. The van der Waals surface area contributed by atoms with Crippen molar-refractivity contribution in [1.82, 2.24) is 0 Å². The van der Waals surface area contributed by atoms with Crippen LogP contribution in [0.15, 0.2) is 72.8 Å². The summed E-state index contributed by atoms with van der Waals surface area (Å²) < 4.78 is 0. The molecule has 0 amide bonds. The second kappa shape index (κ2) is 8.57. The van der Waals surface area contributed by atoms with Crippen LogP contribution in [0.3, 0.4) is 0 Å². The van der Waals surface area contributed by atoms with Gasteiger partial charge in [0.15, 0.2) is 0 Å². The van der Waals surface area contributed by atoms with Crippen molar-refractivity contribution in [2.24, 2.45) is 0 Å². The summed E-state index contributed by atoms with van der Waals surface area (Å²) >= 11 is 0. The minimum absolute atomic E-state index is 1.23. The third kappa shape index (κ3) is 5.68. The summed E-state index contributed by atoms with van der Waals surface area (Å²) in [5.74, 6) is 0. The highest BCUT2D eigenvalue weighted by Gasteiger charge is 2.21. The van der Waals surface area contributed by atoms with Crippen LogP contribution >= 0.6 is 0 Å². The number of rotatable bonds is 6. The second-order valence-corrected chi connectivity index (χ2v) is 27.0. The highest BCUT2D eigenvalue weighted by atomic mass is 28.3. The molecule has 0 saturated heterocycles. The quantitative estimate of drug-likeness (QED) is 0.365. The largest absolute Gasteiger partial charge is 0.311 e. The monoisotopic (exact) mass is 461 g/mol. The molecular weight excluding hydrogens is 423 g/mol. The van der Waals surface area contributed by atoms with Crippen LogP contribution in [-0.2, 0) is 0 Å². The first-order chi connectivity index (χ1) is 14.3. The Morgan fingerprint density at radius 2 is 0.548 bits per heavy atom. The molecule has 0 heterocycles. The van der Waals surface area contributed by atoms with E-state index < -0.39 is 24.2 Å². The Kier molecular flexibility index (Phi) is 6.57. The molecule has 0 saturated carbocycles. The Hall–Kier alpha value is -1.89. The summed E-state index contributed by atoms with van der Waals surface area (Å²) in [6.45, 7) is 21.7. The van der Waals surface area contributed by atoms with Crippen LogP contribution in [0.4, 0.5) is 17.1 Å². The van der Waals surface area contributed by atoms with Gasteiger partial charge in [-0.25, -0.2) is 0 Å². The lowest BCUT2D eigenvalue weighted by atomic mass is 10.2. The first-order valence-corrected chi connectivity index (χ1v) is 21.9. The number of anilines is 3. The van der Waals surface area contributed by atoms with Gasteiger partial charge in [0.25, 0.3) is 0 Å². The number of hydrogen-bond donors (Lipinski definition) is 0. The fourth-order valence-electron chi connectivity index (χ4n) is 3.78. The second-order valence-electron chi connectivity index (χ2n) is 11.7. The average Bonchev–Trinajstić information content (AvgIpc) is 2.67. The van der Waals surface area contributed by atoms with E-state index in [0.29, 0.717) is 0 Å². The van der Waals surface area contributed by atoms with Gasteiger partial charge in [-0.3, -0.25) is 0 Å². The lowest BCUT2D eigenvalue weighted by Crippen LogP contribution is -2.37. The summed E-state index contributed by atoms with van der Waals surface area (Å²) in [6.07, 6.45) is 0. The Morgan fingerprint density at radius 1 is 0.355 bits per heavy atom. The summed E-state index contributed by atoms with van der Waals surface area (Å²) in [7, 11) is -3.95. The maximum absolute atomic E-state index is 2.41. The molecule has 0 spiro atoms. The van der Waals surface area contributed by atoms with Crippen molar-refractivity contribution in [3.8, 4) is 0 Å². The van der Waals surface area contributed by atoms with Crippen LogP contribution in [0.25, 0.3) is 0 Å². The molecule has 3 aromatic carbocycles. The number of hydrogen-bond acceptors (Lipinski definition) is 1. The predicted molar refractivity (Wildman–Crippen MR) is 150 cm³/mol. The molecule has 1 nitrogen and oxygen atoms in total. The van der Waals surface area contributed by atoms with Gasteiger partial charge < -0.3 is 4.90 Å². The van der Waals surface area contributed by atoms with Crippen molar-refractivity contribution in [2.75, 3.05) is 4.90 Å². The van der Waals surface area contributed by atoms with E-state index in [-0.39, 0.29) is 0 Å². The minimum Gasteiger partial charge on any atom is -0.311 e. The first-order valence-electron chi connectivity index (χ1n) is 11.4. The molecule has 0 atom stereocenters. The highest BCUT2D eigenvalue weighted by molar-refractivity contribution is 6.89. The SMILES string of the molecule is C[Si](C)(C)c1ccc(N(c2ccc([Si](C)(C)C)cc2)c2ccc([Si](C)(C)C)cc2)cc1. The standard InChI is InChI=1S/C27H39NSi3/c1-29(2,3)25-16-10-22(11-17-25)28(23-12-18-26(19-13-23)30(4,5)6)24-14-20-27(21-15-24)31(7,8)9/h10-21H,1-9H3. The van der Waals surface area contributed by atoms with Gasteiger partial charge >= 0.3 is 0 Å². The molecule has 4 heteroatoms. The Labute approximate surface area is 193 Å². The fourth-order valence-corrected chi connectivity index (χ4v) is 7.28. The van der Waals surface area contributed by atoms with Gasteiger partial charge in [-0.05, 0) is 36.4 Å². The summed E-state index contributed by atoms with van der Waals surface area (Å²) in [4.78, 5) is 2.40. The van der Waals surface area contributed by atoms with Gasteiger partial charge in [-0.2, -0.15) is 0 Å². The molecule has 164 valence electrons. The van der Waals surface area contributed by atoms with E-state index in [2.05, 4.69) is 137 Å². The highest BCUT2D eigenvalue weighted by Crippen LogP contribution is 2.33. The van der Waals surface area contributed by atoms with E-state index in [1.165, 1.54) is 32.6 Å². The lowest BCUT2D eigenvalue weighted by Gasteiger charge is -2.28. The molecular formula is C27H39NSi3. The topological polar surface area (TPSA) is 3.24 Å². The van der Waals surface area contributed by atoms with Crippen LogP contribution in [-0.4, -0.2) is 24.2 Å². The summed E-state index contributed by atoms with van der Waals surface area (Å²) in [5, 5.41) is 4.50. The van der Waals surface area contributed by atoms with E-state index in [1.54, 1.807) is 0 Å². The zero-order chi connectivity index (χ0) is 23.0. The third-order valence-electron chi connectivity index (χ3n) is 5.97. The van der Waals surface area contributed by atoms with Crippen molar-refractivity contribution in [3.05, 3.63) is 72.8 Å². The predicted octanol–water partition coefficient (Wildman–Crippen LogP) is 6.79. The third-order valence-corrected chi connectivity index (χ3v) is 12.2. The molecule has 0 aliphatic heterocycles. The van der Waals surface area contributed by atoms with Crippen molar-refractivity contribution in [2.45, 2.75) is 58.9 Å². The molecule has 0 aromatic heterocycles. The van der Waals surface area contributed by atoms with E-state index in [9.17, 15) is 0 Å². The Bertz CT molecular complexity index is 864. The molecule has 0 aliphatic carbocycles. The van der Waals surface area contributed by atoms with Crippen LogP contribution in [0.2, 0.25) is 58.9 Å². The summed E-state index contributed by atoms with van der Waals surface area (Å²) in [5.41, 5.74) is 3.68. The maximum Gasteiger partial charge on any atom is 0.0775 e. The van der Waals surface area contributed by atoms with Gasteiger partial charge in [0, 0.05) is 17.1 Å².